The fraction of sp³-hybridized carbons (Fsp3) is 0.636. The molecule has 8 heteroatoms. The molecule has 19 heavy (non-hydrogen) atoms. The summed E-state index contributed by atoms with van der Waals surface area (Å²) in [6.45, 7) is 0.617. The van der Waals surface area contributed by atoms with E-state index in [9.17, 15) is 9.90 Å². The topological polar surface area (TPSA) is 96.6 Å². The molecule has 0 aliphatic rings. The predicted molar refractivity (Wildman–Crippen MR) is 71.6 cm³/mol. The number of methoxy groups -OCH3 is 1. The van der Waals surface area contributed by atoms with E-state index in [1.54, 1.807) is 0 Å². The molecule has 0 saturated heterocycles. The van der Waals surface area contributed by atoms with Gasteiger partial charge in [0.2, 0.25) is 0 Å². The number of rotatable bonds is 8. The maximum absolute atomic E-state index is 11.7. The molecular weight excluding hydrogens is 274 g/mol. The van der Waals surface area contributed by atoms with E-state index in [1.165, 1.54) is 13.3 Å². The minimum absolute atomic E-state index is 0.0182. The van der Waals surface area contributed by atoms with E-state index in [1.807, 2.05) is 0 Å². The number of aliphatic hydroxyl groups excluding tert-OH is 2. The van der Waals surface area contributed by atoms with Crippen LogP contribution in [0.3, 0.4) is 0 Å². The van der Waals surface area contributed by atoms with Crippen LogP contribution in [0.15, 0.2) is 11.0 Å². The van der Waals surface area contributed by atoms with Gasteiger partial charge in [0.05, 0.1) is 37.7 Å². The molecule has 0 fully saturated rings. The largest absolute Gasteiger partial charge is 0.394 e. The monoisotopic (exact) mass is 291 g/mol. The van der Waals surface area contributed by atoms with Gasteiger partial charge in [-0.2, -0.15) is 5.10 Å². The highest BCUT2D eigenvalue weighted by molar-refractivity contribution is 6.32. The van der Waals surface area contributed by atoms with E-state index in [2.05, 4.69) is 10.4 Å². The molecule has 1 atom stereocenters. The van der Waals surface area contributed by atoms with E-state index in [0.29, 0.717) is 18.7 Å². The molecular formula is C11H18ClN3O4. The van der Waals surface area contributed by atoms with Crippen molar-refractivity contribution in [3.8, 4) is 0 Å². The second kappa shape index (κ2) is 8.11. The maximum atomic E-state index is 11.7. The summed E-state index contributed by atoms with van der Waals surface area (Å²) in [5.74, 6) is 0. The number of halogens is 1. The van der Waals surface area contributed by atoms with Crippen molar-refractivity contribution in [3.63, 3.8) is 0 Å². The highest BCUT2D eigenvalue weighted by Gasteiger charge is 2.09. The van der Waals surface area contributed by atoms with Crippen LogP contribution in [0.5, 0.6) is 0 Å². The Morgan fingerprint density at radius 1 is 1.63 bits per heavy atom. The molecule has 0 saturated carbocycles. The van der Waals surface area contributed by atoms with Crippen molar-refractivity contribution in [2.24, 2.45) is 0 Å². The molecule has 0 aliphatic carbocycles. The van der Waals surface area contributed by atoms with Gasteiger partial charge in [0.15, 0.2) is 0 Å². The Morgan fingerprint density at radius 2 is 2.37 bits per heavy atom. The summed E-state index contributed by atoms with van der Waals surface area (Å²) in [6, 6.07) is 0. The summed E-state index contributed by atoms with van der Waals surface area (Å²) in [7, 11) is 1.51. The maximum Gasteiger partial charge on any atom is 0.287 e. The Labute approximate surface area is 115 Å². The van der Waals surface area contributed by atoms with Crippen LogP contribution in [0.1, 0.15) is 6.42 Å². The summed E-state index contributed by atoms with van der Waals surface area (Å²) < 4.78 is 5.89. The lowest BCUT2D eigenvalue weighted by Gasteiger charge is -2.12. The molecule has 0 bridgehead atoms. The van der Waals surface area contributed by atoms with Gasteiger partial charge in [-0.1, -0.05) is 11.6 Å². The first-order chi connectivity index (χ1) is 9.10. The van der Waals surface area contributed by atoms with Crippen molar-refractivity contribution in [2.45, 2.75) is 19.1 Å². The SMILES string of the molecule is COCC(O)CCNc1cnn(CCO)c(=O)c1Cl. The van der Waals surface area contributed by atoms with Crippen LogP contribution in [0.4, 0.5) is 5.69 Å². The van der Waals surface area contributed by atoms with Crippen LogP contribution in [0.25, 0.3) is 0 Å². The molecule has 0 aromatic carbocycles. The summed E-state index contributed by atoms with van der Waals surface area (Å²) >= 11 is 5.91. The predicted octanol–water partition coefficient (Wildman–Crippen LogP) is -0.302. The van der Waals surface area contributed by atoms with Gasteiger partial charge in [0.1, 0.15) is 5.02 Å². The van der Waals surface area contributed by atoms with E-state index >= 15 is 0 Å². The number of aromatic nitrogens is 2. The van der Waals surface area contributed by atoms with Gasteiger partial charge in [-0.15, -0.1) is 0 Å². The molecule has 0 aliphatic heterocycles. The number of aliphatic hydroxyl groups is 2. The Bertz CT molecular complexity index is 452. The molecule has 3 N–H and O–H groups in total. The molecule has 7 nitrogen and oxygen atoms in total. The highest BCUT2D eigenvalue weighted by Crippen LogP contribution is 2.15. The van der Waals surface area contributed by atoms with Crippen LogP contribution >= 0.6 is 11.6 Å². The van der Waals surface area contributed by atoms with Crippen molar-refractivity contribution in [3.05, 3.63) is 21.6 Å². The number of hydrogen-bond acceptors (Lipinski definition) is 6. The molecule has 108 valence electrons. The zero-order valence-corrected chi connectivity index (χ0v) is 11.4. The molecule has 1 aromatic rings. The molecule has 0 radical (unpaired) electrons. The van der Waals surface area contributed by atoms with Crippen LogP contribution in [-0.4, -0.2) is 53.0 Å². The zero-order chi connectivity index (χ0) is 14.3. The third-order valence-corrected chi connectivity index (χ3v) is 2.81. The smallest absolute Gasteiger partial charge is 0.287 e. The third-order valence-electron chi connectivity index (χ3n) is 2.45. The Hall–Kier alpha value is -1.15. The Kier molecular flexibility index (Phi) is 6.79. The average Bonchev–Trinajstić information content (AvgIpc) is 2.38. The van der Waals surface area contributed by atoms with Gasteiger partial charge >= 0.3 is 0 Å². The van der Waals surface area contributed by atoms with E-state index < -0.39 is 11.7 Å². The molecule has 1 aromatic heterocycles. The lowest BCUT2D eigenvalue weighted by Crippen LogP contribution is -2.26. The van der Waals surface area contributed by atoms with Gasteiger partial charge in [0, 0.05) is 13.7 Å². The normalized spacial score (nSPS) is 12.4. The summed E-state index contributed by atoms with van der Waals surface area (Å²) in [5.41, 5.74) is -0.0522. The number of hydrogen-bond donors (Lipinski definition) is 3. The second-order valence-corrected chi connectivity index (χ2v) is 4.33. The molecule has 0 amide bonds. The number of nitrogens with zero attached hydrogens (tertiary/aromatic N) is 2. The van der Waals surface area contributed by atoms with Crippen molar-refractivity contribution < 1.29 is 14.9 Å². The van der Waals surface area contributed by atoms with E-state index in [-0.39, 0.29) is 24.8 Å². The zero-order valence-electron chi connectivity index (χ0n) is 10.7. The summed E-state index contributed by atoms with van der Waals surface area (Å²) in [4.78, 5) is 11.7. The minimum Gasteiger partial charge on any atom is -0.394 e. The Morgan fingerprint density at radius 3 is 3.00 bits per heavy atom. The van der Waals surface area contributed by atoms with Gasteiger partial charge in [-0.05, 0) is 6.42 Å². The van der Waals surface area contributed by atoms with Crippen LogP contribution < -0.4 is 10.9 Å². The van der Waals surface area contributed by atoms with Crippen molar-refractivity contribution in [1.29, 1.82) is 0 Å². The van der Waals surface area contributed by atoms with Crippen LogP contribution in [0, 0.1) is 0 Å². The average molecular weight is 292 g/mol. The first-order valence-electron chi connectivity index (χ1n) is 5.87. The fourth-order valence-corrected chi connectivity index (χ4v) is 1.70. The lowest BCUT2D eigenvalue weighted by atomic mass is 10.2. The van der Waals surface area contributed by atoms with Crippen molar-refractivity contribution in [2.75, 3.05) is 32.2 Å². The van der Waals surface area contributed by atoms with Crippen molar-refractivity contribution >= 4 is 17.3 Å². The number of ether oxygens (including phenoxy) is 1. The third kappa shape index (κ3) is 4.79. The summed E-state index contributed by atoms with van der Waals surface area (Å²) in [6.07, 6.45) is 1.31. The van der Waals surface area contributed by atoms with E-state index in [4.69, 9.17) is 21.4 Å². The highest BCUT2D eigenvalue weighted by atomic mass is 35.5. The standard InChI is InChI=1S/C11H18ClN3O4/c1-19-7-8(17)2-3-13-9-6-14-15(4-5-16)11(18)10(9)12/h6,8,13,16-17H,2-5,7H2,1H3. The molecule has 0 spiro atoms. The van der Waals surface area contributed by atoms with Gasteiger partial charge in [-0.3, -0.25) is 4.79 Å². The summed E-state index contributed by atoms with van der Waals surface area (Å²) in [5, 5.41) is 25.0. The lowest BCUT2D eigenvalue weighted by molar-refractivity contribution is 0.0615. The van der Waals surface area contributed by atoms with Gasteiger partial charge in [0.25, 0.3) is 5.56 Å². The molecule has 1 rings (SSSR count). The first kappa shape index (κ1) is 15.9. The first-order valence-corrected chi connectivity index (χ1v) is 6.25. The van der Waals surface area contributed by atoms with Gasteiger partial charge in [-0.25, -0.2) is 4.68 Å². The quantitative estimate of drug-likeness (QED) is 0.608. The van der Waals surface area contributed by atoms with Crippen LogP contribution in [-0.2, 0) is 11.3 Å². The number of nitrogens with one attached hydrogen (secondary N) is 1. The molecule has 1 heterocycles. The fourth-order valence-electron chi connectivity index (χ4n) is 1.49. The molecule has 1 unspecified atom stereocenters. The minimum atomic E-state index is -0.570. The van der Waals surface area contributed by atoms with Gasteiger partial charge < -0.3 is 20.3 Å². The van der Waals surface area contributed by atoms with E-state index in [0.717, 1.165) is 4.68 Å². The second-order valence-electron chi connectivity index (χ2n) is 3.95. The van der Waals surface area contributed by atoms with Crippen molar-refractivity contribution in [1.82, 2.24) is 9.78 Å². The Balaban J connectivity index is 2.60. The van der Waals surface area contributed by atoms with Crippen LogP contribution in [0.2, 0.25) is 5.02 Å². The number of anilines is 1.